The maximum absolute atomic E-state index is 12.5. The molecular weight excluding hydrogens is 326 g/mol. The maximum atomic E-state index is 12.5. The number of nitrogens with one attached hydrogen (secondary N) is 1. The first-order chi connectivity index (χ1) is 12.4. The van der Waals surface area contributed by atoms with E-state index in [-0.39, 0.29) is 12.0 Å². The minimum atomic E-state index is -0.501. The number of benzene rings is 2. The Kier molecular flexibility index (Phi) is 7.07. The SMILES string of the molecule is CC[C@@H](Oc1cccc(C)c1C)C(=O)NCc1ccc(OC(C)C)cc1. The fourth-order valence-electron chi connectivity index (χ4n) is 2.59. The van der Waals surface area contributed by atoms with Gasteiger partial charge in [-0.15, -0.1) is 0 Å². The number of hydrogen-bond acceptors (Lipinski definition) is 3. The highest BCUT2D eigenvalue weighted by atomic mass is 16.5. The van der Waals surface area contributed by atoms with Crippen LogP contribution in [-0.4, -0.2) is 18.1 Å². The highest BCUT2D eigenvalue weighted by Crippen LogP contribution is 2.22. The topological polar surface area (TPSA) is 47.6 Å². The van der Waals surface area contributed by atoms with Crippen molar-refractivity contribution in [2.45, 2.75) is 59.8 Å². The molecule has 4 heteroatoms. The van der Waals surface area contributed by atoms with Crippen molar-refractivity contribution in [2.75, 3.05) is 0 Å². The number of rotatable bonds is 8. The van der Waals surface area contributed by atoms with Gasteiger partial charge in [0.05, 0.1) is 6.10 Å². The lowest BCUT2D eigenvalue weighted by Crippen LogP contribution is -2.37. The quantitative estimate of drug-likeness (QED) is 0.755. The second-order valence-corrected chi connectivity index (χ2v) is 6.74. The van der Waals surface area contributed by atoms with Crippen LogP contribution in [0, 0.1) is 13.8 Å². The Morgan fingerprint density at radius 1 is 1.04 bits per heavy atom. The molecular formula is C22H29NO3. The van der Waals surface area contributed by atoms with Crippen molar-refractivity contribution in [3.05, 3.63) is 59.2 Å². The summed E-state index contributed by atoms with van der Waals surface area (Å²) in [5.41, 5.74) is 3.25. The summed E-state index contributed by atoms with van der Waals surface area (Å²) >= 11 is 0. The van der Waals surface area contributed by atoms with E-state index in [1.807, 2.05) is 77.1 Å². The van der Waals surface area contributed by atoms with Gasteiger partial charge in [-0.3, -0.25) is 4.79 Å². The number of hydrogen-bond donors (Lipinski definition) is 1. The molecule has 0 spiro atoms. The predicted molar refractivity (Wildman–Crippen MR) is 105 cm³/mol. The van der Waals surface area contributed by atoms with Gasteiger partial charge in [0, 0.05) is 6.54 Å². The van der Waals surface area contributed by atoms with E-state index >= 15 is 0 Å². The smallest absolute Gasteiger partial charge is 0.261 e. The van der Waals surface area contributed by atoms with E-state index in [9.17, 15) is 4.79 Å². The van der Waals surface area contributed by atoms with Crippen molar-refractivity contribution in [2.24, 2.45) is 0 Å². The van der Waals surface area contributed by atoms with Crippen molar-refractivity contribution in [1.82, 2.24) is 5.32 Å². The van der Waals surface area contributed by atoms with Crippen LogP contribution in [0.15, 0.2) is 42.5 Å². The fourth-order valence-corrected chi connectivity index (χ4v) is 2.59. The molecule has 4 nitrogen and oxygen atoms in total. The van der Waals surface area contributed by atoms with E-state index in [1.54, 1.807) is 0 Å². The number of carbonyl (C=O) groups is 1. The summed E-state index contributed by atoms with van der Waals surface area (Å²) in [7, 11) is 0. The Labute approximate surface area is 156 Å². The van der Waals surface area contributed by atoms with Crippen LogP contribution in [0.1, 0.15) is 43.9 Å². The number of amides is 1. The van der Waals surface area contributed by atoms with Gasteiger partial charge >= 0.3 is 0 Å². The zero-order chi connectivity index (χ0) is 19.1. The molecule has 0 aromatic heterocycles. The Balaban J connectivity index is 1.93. The molecule has 2 rings (SSSR count). The van der Waals surface area contributed by atoms with Crippen molar-refractivity contribution in [3.63, 3.8) is 0 Å². The van der Waals surface area contributed by atoms with Gasteiger partial charge in [0.2, 0.25) is 0 Å². The first kappa shape index (κ1) is 19.8. The van der Waals surface area contributed by atoms with Crippen LogP contribution >= 0.6 is 0 Å². The van der Waals surface area contributed by atoms with Crippen molar-refractivity contribution < 1.29 is 14.3 Å². The maximum Gasteiger partial charge on any atom is 0.261 e. The molecule has 0 heterocycles. The number of ether oxygens (including phenoxy) is 2. The van der Waals surface area contributed by atoms with Crippen LogP contribution in [0.5, 0.6) is 11.5 Å². The van der Waals surface area contributed by atoms with Crippen molar-refractivity contribution >= 4 is 5.91 Å². The van der Waals surface area contributed by atoms with E-state index in [1.165, 1.54) is 0 Å². The van der Waals surface area contributed by atoms with Crippen LogP contribution < -0.4 is 14.8 Å². The van der Waals surface area contributed by atoms with Gasteiger partial charge in [0.25, 0.3) is 5.91 Å². The normalized spacial score (nSPS) is 11.9. The molecule has 2 aromatic rings. The molecule has 2 aromatic carbocycles. The summed E-state index contributed by atoms with van der Waals surface area (Å²) in [6.07, 6.45) is 0.257. The molecule has 0 fully saturated rings. The number of aryl methyl sites for hydroxylation is 1. The Morgan fingerprint density at radius 2 is 1.73 bits per heavy atom. The average molecular weight is 355 g/mol. The van der Waals surface area contributed by atoms with E-state index in [2.05, 4.69) is 5.32 Å². The van der Waals surface area contributed by atoms with Gasteiger partial charge in [0.1, 0.15) is 11.5 Å². The molecule has 0 unspecified atom stereocenters. The van der Waals surface area contributed by atoms with Gasteiger partial charge < -0.3 is 14.8 Å². The van der Waals surface area contributed by atoms with Gasteiger partial charge in [0.15, 0.2) is 6.10 Å². The molecule has 0 aliphatic rings. The third kappa shape index (κ3) is 5.51. The summed E-state index contributed by atoms with van der Waals surface area (Å²) in [4.78, 5) is 12.5. The lowest BCUT2D eigenvalue weighted by atomic mass is 10.1. The molecule has 140 valence electrons. The first-order valence-corrected chi connectivity index (χ1v) is 9.16. The molecule has 0 bridgehead atoms. The largest absolute Gasteiger partial charge is 0.491 e. The van der Waals surface area contributed by atoms with Crippen LogP contribution in [-0.2, 0) is 11.3 Å². The molecule has 0 saturated heterocycles. The van der Waals surface area contributed by atoms with E-state index < -0.39 is 6.10 Å². The zero-order valence-corrected chi connectivity index (χ0v) is 16.3. The highest BCUT2D eigenvalue weighted by molar-refractivity contribution is 5.81. The second kappa shape index (κ2) is 9.27. The van der Waals surface area contributed by atoms with Crippen molar-refractivity contribution in [3.8, 4) is 11.5 Å². The molecule has 1 N–H and O–H groups in total. The van der Waals surface area contributed by atoms with E-state index in [4.69, 9.17) is 9.47 Å². The lowest BCUT2D eigenvalue weighted by Gasteiger charge is -2.19. The fraction of sp³-hybridized carbons (Fsp3) is 0.409. The summed E-state index contributed by atoms with van der Waals surface area (Å²) in [5.74, 6) is 1.50. The highest BCUT2D eigenvalue weighted by Gasteiger charge is 2.19. The predicted octanol–water partition coefficient (Wildman–Crippen LogP) is 4.56. The summed E-state index contributed by atoms with van der Waals surface area (Å²) < 4.78 is 11.6. The average Bonchev–Trinajstić information content (AvgIpc) is 2.61. The van der Waals surface area contributed by atoms with Crippen LogP contribution in [0.2, 0.25) is 0 Å². The van der Waals surface area contributed by atoms with Crippen molar-refractivity contribution in [1.29, 1.82) is 0 Å². The Bertz CT molecular complexity index is 723. The third-order valence-corrected chi connectivity index (χ3v) is 4.25. The summed E-state index contributed by atoms with van der Waals surface area (Å²) in [6, 6.07) is 13.7. The third-order valence-electron chi connectivity index (χ3n) is 4.25. The Hall–Kier alpha value is -2.49. The minimum absolute atomic E-state index is 0.101. The zero-order valence-electron chi connectivity index (χ0n) is 16.3. The van der Waals surface area contributed by atoms with Crippen LogP contribution in [0.25, 0.3) is 0 Å². The van der Waals surface area contributed by atoms with Gasteiger partial charge in [-0.05, 0) is 69.0 Å². The molecule has 26 heavy (non-hydrogen) atoms. The second-order valence-electron chi connectivity index (χ2n) is 6.74. The van der Waals surface area contributed by atoms with Crippen LogP contribution in [0.3, 0.4) is 0 Å². The monoisotopic (exact) mass is 355 g/mol. The lowest BCUT2D eigenvalue weighted by molar-refractivity contribution is -0.128. The summed E-state index contributed by atoms with van der Waals surface area (Å²) in [5, 5.41) is 2.96. The molecule has 0 aliphatic heterocycles. The molecule has 1 amide bonds. The molecule has 0 aliphatic carbocycles. The first-order valence-electron chi connectivity index (χ1n) is 9.16. The van der Waals surface area contributed by atoms with E-state index in [0.29, 0.717) is 13.0 Å². The minimum Gasteiger partial charge on any atom is -0.491 e. The van der Waals surface area contributed by atoms with Crippen LogP contribution in [0.4, 0.5) is 0 Å². The van der Waals surface area contributed by atoms with Gasteiger partial charge in [-0.1, -0.05) is 31.2 Å². The number of carbonyl (C=O) groups excluding carboxylic acids is 1. The standard InChI is InChI=1S/C22H29NO3/c1-6-20(26-21-9-7-8-16(4)17(21)5)22(24)23-14-18-10-12-19(13-11-18)25-15(2)3/h7-13,15,20H,6,14H2,1-5H3,(H,23,24)/t20-/m1/s1. The molecule has 0 radical (unpaired) electrons. The molecule has 0 saturated carbocycles. The Morgan fingerprint density at radius 3 is 2.35 bits per heavy atom. The van der Waals surface area contributed by atoms with Gasteiger partial charge in [-0.2, -0.15) is 0 Å². The molecule has 1 atom stereocenters. The van der Waals surface area contributed by atoms with E-state index in [0.717, 1.165) is 28.2 Å². The van der Waals surface area contributed by atoms with Gasteiger partial charge in [-0.25, -0.2) is 0 Å². The summed E-state index contributed by atoms with van der Waals surface area (Å²) in [6.45, 7) is 10.5.